The minimum absolute atomic E-state index is 0.0784. The molecular weight excluding hydrogens is 235 g/mol. The molecule has 0 atom stereocenters. The van der Waals surface area contributed by atoms with E-state index in [2.05, 4.69) is 4.98 Å². The van der Waals surface area contributed by atoms with Crippen LogP contribution in [0.3, 0.4) is 0 Å². The molecule has 5 heteroatoms. The summed E-state index contributed by atoms with van der Waals surface area (Å²) in [5.41, 5.74) is 1.02. The van der Waals surface area contributed by atoms with Crippen molar-refractivity contribution in [3.8, 4) is 11.3 Å². The Morgan fingerprint density at radius 1 is 1.13 bits per heavy atom. The third-order valence-corrected chi connectivity index (χ3v) is 2.34. The van der Waals surface area contributed by atoms with Gasteiger partial charge in [-0.25, -0.2) is 4.98 Å². The highest BCUT2D eigenvalue weighted by Gasteiger charge is 2.16. The molecule has 2 aromatic rings. The number of rotatable bonds is 1. The molecule has 0 spiro atoms. The first-order valence-corrected chi connectivity index (χ1v) is 4.94. The fraction of sp³-hybridized carbons (Fsp3) is 0. The van der Waals surface area contributed by atoms with Crippen molar-refractivity contribution < 1.29 is 4.73 Å². The van der Waals surface area contributed by atoms with Crippen molar-refractivity contribution >= 4 is 23.2 Å². The predicted molar refractivity (Wildman–Crippen MR) is 58.7 cm³/mol. The molecule has 0 bridgehead atoms. The normalized spacial score (nSPS) is 10.3. The summed E-state index contributed by atoms with van der Waals surface area (Å²) in [4.78, 5) is 3.82. The van der Waals surface area contributed by atoms with Crippen LogP contribution in [0.2, 0.25) is 10.3 Å². The first-order valence-electron chi connectivity index (χ1n) is 4.19. The summed E-state index contributed by atoms with van der Waals surface area (Å²) in [6.07, 6.45) is 1.18. The van der Waals surface area contributed by atoms with E-state index < -0.39 is 0 Å². The van der Waals surface area contributed by atoms with Crippen LogP contribution < -0.4 is 4.73 Å². The molecule has 0 fully saturated rings. The standard InChI is InChI=1S/C10H6Cl2N2O/c11-8-6-14(15)9(10(12)13-8)7-4-2-1-3-5-7/h1-6H. The van der Waals surface area contributed by atoms with Crippen LogP contribution in [0.25, 0.3) is 11.3 Å². The number of aromatic nitrogens is 2. The zero-order chi connectivity index (χ0) is 10.8. The number of nitrogens with zero attached hydrogens (tertiary/aromatic N) is 2. The van der Waals surface area contributed by atoms with E-state index in [0.29, 0.717) is 16.0 Å². The van der Waals surface area contributed by atoms with E-state index >= 15 is 0 Å². The lowest BCUT2D eigenvalue weighted by atomic mass is 10.2. The molecule has 0 N–H and O–H groups in total. The summed E-state index contributed by atoms with van der Waals surface area (Å²) in [5, 5.41) is 11.7. The van der Waals surface area contributed by atoms with E-state index in [1.54, 1.807) is 12.1 Å². The molecule has 0 radical (unpaired) electrons. The summed E-state index contributed by atoms with van der Waals surface area (Å²) >= 11 is 11.4. The summed E-state index contributed by atoms with van der Waals surface area (Å²) < 4.78 is 0.618. The van der Waals surface area contributed by atoms with Gasteiger partial charge in [0.25, 0.3) is 5.69 Å². The van der Waals surface area contributed by atoms with E-state index in [9.17, 15) is 5.21 Å². The van der Waals surface area contributed by atoms with Crippen molar-refractivity contribution in [3.05, 3.63) is 52.0 Å². The topological polar surface area (TPSA) is 39.8 Å². The van der Waals surface area contributed by atoms with Gasteiger partial charge in [0, 0.05) is 0 Å². The molecule has 3 nitrogen and oxygen atoms in total. The highest BCUT2D eigenvalue weighted by atomic mass is 35.5. The summed E-state index contributed by atoms with van der Waals surface area (Å²) in [5.74, 6) is 0. The molecule has 15 heavy (non-hydrogen) atoms. The Hall–Kier alpha value is -1.32. The molecule has 0 saturated carbocycles. The average molecular weight is 241 g/mol. The first-order chi connectivity index (χ1) is 7.18. The number of benzene rings is 1. The zero-order valence-electron chi connectivity index (χ0n) is 7.52. The van der Waals surface area contributed by atoms with Gasteiger partial charge in [-0.2, -0.15) is 4.73 Å². The zero-order valence-corrected chi connectivity index (χ0v) is 9.03. The molecule has 0 aliphatic rings. The second kappa shape index (κ2) is 4.04. The maximum absolute atomic E-state index is 11.6. The second-order valence-corrected chi connectivity index (χ2v) is 3.64. The van der Waals surface area contributed by atoms with Crippen LogP contribution in [-0.2, 0) is 0 Å². The maximum Gasteiger partial charge on any atom is 0.261 e. The van der Waals surface area contributed by atoms with Crippen LogP contribution in [-0.4, -0.2) is 4.98 Å². The fourth-order valence-electron chi connectivity index (χ4n) is 1.27. The largest absolute Gasteiger partial charge is 0.618 e. The molecule has 0 unspecified atom stereocenters. The Kier molecular flexibility index (Phi) is 2.75. The number of hydrogen-bond acceptors (Lipinski definition) is 2. The summed E-state index contributed by atoms with van der Waals surface area (Å²) in [6.45, 7) is 0. The van der Waals surface area contributed by atoms with Crippen molar-refractivity contribution in [3.63, 3.8) is 0 Å². The fourth-order valence-corrected chi connectivity index (χ4v) is 1.77. The Labute approximate surface area is 96.5 Å². The monoisotopic (exact) mass is 240 g/mol. The van der Waals surface area contributed by atoms with Crippen LogP contribution in [0.5, 0.6) is 0 Å². The van der Waals surface area contributed by atoms with Gasteiger partial charge >= 0.3 is 0 Å². The summed E-state index contributed by atoms with van der Waals surface area (Å²) in [6, 6.07) is 9.06. The Morgan fingerprint density at radius 2 is 1.80 bits per heavy atom. The Bertz CT molecular complexity index is 465. The molecule has 0 aliphatic heterocycles. The number of halogens is 2. The SMILES string of the molecule is [O-][n+]1cc(Cl)nc(Cl)c1-c1ccccc1. The van der Waals surface area contributed by atoms with Gasteiger partial charge in [-0.05, 0) is 12.1 Å². The van der Waals surface area contributed by atoms with Crippen molar-refractivity contribution in [2.24, 2.45) is 0 Å². The van der Waals surface area contributed by atoms with Gasteiger partial charge in [-0.1, -0.05) is 41.4 Å². The van der Waals surface area contributed by atoms with E-state index in [4.69, 9.17) is 23.2 Å². The van der Waals surface area contributed by atoms with E-state index in [0.717, 1.165) is 0 Å². The smallest absolute Gasteiger partial charge is 0.261 e. The predicted octanol–water partition coefficient (Wildman–Crippen LogP) is 2.69. The van der Waals surface area contributed by atoms with Gasteiger partial charge in [-0.3, -0.25) is 0 Å². The van der Waals surface area contributed by atoms with Crippen LogP contribution in [0.15, 0.2) is 36.5 Å². The average Bonchev–Trinajstić information content (AvgIpc) is 2.17. The molecule has 2 rings (SSSR count). The van der Waals surface area contributed by atoms with Gasteiger partial charge in [0.15, 0.2) is 5.15 Å². The van der Waals surface area contributed by atoms with Crippen molar-refractivity contribution in [2.75, 3.05) is 0 Å². The highest BCUT2D eigenvalue weighted by Crippen LogP contribution is 2.23. The lowest BCUT2D eigenvalue weighted by molar-refractivity contribution is -0.594. The van der Waals surface area contributed by atoms with Crippen LogP contribution in [0, 0.1) is 5.21 Å². The van der Waals surface area contributed by atoms with E-state index in [-0.39, 0.29) is 10.3 Å². The molecule has 0 amide bonds. The van der Waals surface area contributed by atoms with Crippen molar-refractivity contribution in [1.82, 2.24) is 4.98 Å². The molecule has 1 aromatic heterocycles. The molecule has 0 saturated heterocycles. The van der Waals surface area contributed by atoms with Crippen LogP contribution in [0.1, 0.15) is 0 Å². The van der Waals surface area contributed by atoms with Crippen molar-refractivity contribution in [2.45, 2.75) is 0 Å². The molecular formula is C10H6Cl2N2O. The highest BCUT2D eigenvalue weighted by molar-refractivity contribution is 6.33. The lowest BCUT2D eigenvalue weighted by Crippen LogP contribution is -2.29. The second-order valence-electron chi connectivity index (χ2n) is 2.89. The first kappa shape index (κ1) is 10.2. The van der Waals surface area contributed by atoms with Gasteiger partial charge in [0.2, 0.25) is 11.3 Å². The van der Waals surface area contributed by atoms with Gasteiger partial charge in [0.05, 0.1) is 5.56 Å². The third kappa shape index (κ3) is 2.03. The number of hydrogen-bond donors (Lipinski definition) is 0. The quantitative estimate of drug-likeness (QED) is 0.568. The van der Waals surface area contributed by atoms with Gasteiger partial charge < -0.3 is 5.21 Å². The Morgan fingerprint density at radius 3 is 2.40 bits per heavy atom. The minimum atomic E-state index is 0.0784. The van der Waals surface area contributed by atoms with E-state index in [1.165, 1.54) is 6.20 Å². The van der Waals surface area contributed by atoms with Gasteiger partial charge in [0.1, 0.15) is 0 Å². The molecule has 76 valence electrons. The van der Waals surface area contributed by atoms with E-state index in [1.807, 2.05) is 18.2 Å². The maximum atomic E-state index is 11.6. The minimum Gasteiger partial charge on any atom is -0.618 e. The van der Waals surface area contributed by atoms with Crippen LogP contribution in [0.4, 0.5) is 0 Å². The Balaban J connectivity index is 2.64. The molecule has 1 heterocycles. The third-order valence-electron chi connectivity index (χ3n) is 1.89. The molecule has 1 aromatic carbocycles. The van der Waals surface area contributed by atoms with Crippen LogP contribution >= 0.6 is 23.2 Å². The lowest BCUT2D eigenvalue weighted by Gasteiger charge is -2.05. The molecule has 0 aliphatic carbocycles. The van der Waals surface area contributed by atoms with Crippen molar-refractivity contribution in [1.29, 1.82) is 0 Å². The van der Waals surface area contributed by atoms with Gasteiger partial charge in [-0.15, -0.1) is 0 Å². The summed E-state index contributed by atoms with van der Waals surface area (Å²) in [7, 11) is 0.